The topological polar surface area (TPSA) is 64.4 Å². The monoisotopic (exact) mass is 290 g/mol. The molecule has 21 heavy (non-hydrogen) atoms. The lowest BCUT2D eigenvalue weighted by Gasteiger charge is -2.08. The Labute approximate surface area is 124 Å². The van der Waals surface area contributed by atoms with Crippen molar-refractivity contribution < 1.29 is 14.6 Å². The van der Waals surface area contributed by atoms with E-state index >= 15 is 0 Å². The summed E-state index contributed by atoms with van der Waals surface area (Å²) in [4.78, 5) is 15.5. The van der Waals surface area contributed by atoms with Crippen LogP contribution < -0.4 is 4.74 Å². The molecule has 0 aliphatic carbocycles. The van der Waals surface area contributed by atoms with Crippen molar-refractivity contribution in [1.29, 1.82) is 0 Å². The van der Waals surface area contributed by atoms with Crippen LogP contribution >= 0.6 is 0 Å². The van der Waals surface area contributed by atoms with Crippen LogP contribution in [0, 0.1) is 0 Å². The second-order valence-electron chi connectivity index (χ2n) is 5.04. The number of carbonyl (C=O) groups is 1. The summed E-state index contributed by atoms with van der Waals surface area (Å²) < 4.78 is 7.50. The lowest BCUT2D eigenvalue weighted by Crippen LogP contribution is -2.09. The number of hydrogen-bond acceptors (Lipinski definition) is 3. The number of benzene rings is 1. The number of rotatable bonds is 8. The van der Waals surface area contributed by atoms with Gasteiger partial charge in [-0.1, -0.05) is 19.8 Å². The van der Waals surface area contributed by atoms with E-state index in [1.54, 1.807) is 0 Å². The van der Waals surface area contributed by atoms with Crippen molar-refractivity contribution in [3.8, 4) is 5.75 Å². The molecule has 0 saturated heterocycles. The highest BCUT2D eigenvalue weighted by Gasteiger charge is 2.14. The second kappa shape index (κ2) is 7.11. The molecule has 5 nitrogen and oxygen atoms in total. The molecule has 2 rings (SSSR count). The molecule has 5 heteroatoms. The number of imidazole rings is 1. The second-order valence-corrected chi connectivity index (χ2v) is 5.04. The van der Waals surface area contributed by atoms with E-state index in [4.69, 9.17) is 9.84 Å². The van der Waals surface area contributed by atoms with Crippen molar-refractivity contribution in [1.82, 2.24) is 9.55 Å². The predicted molar refractivity (Wildman–Crippen MR) is 81.8 cm³/mol. The fourth-order valence-corrected chi connectivity index (χ4v) is 2.46. The van der Waals surface area contributed by atoms with Gasteiger partial charge in [0.05, 0.1) is 17.6 Å². The van der Waals surface area contributed by atoms with Gasteiger partial charge >= 0.3 is 5.97 Å². The van der Waals surface area contributed by atoms with Crippen LogP contribution in [0.4, 0.5) is 0 Å². The van der Waals surface area contributed by atoms with Gasteiger partial charge in [0.1, 0.15) is 18.0 Å². The molecule has 2 aromatic rings. The molecule has 0 unspecified atom stereocenters. The lowest BCUT2D eigenvalue weighted by molar-refractivity contribution is -0.136. The van der Waals surface area contributed by atoms with E-state index in [1.165, 1.54) is 0 Å². The van der Waals surface area contributed by atoms with Crippen LogP contribution in [-0.4, -0.2) is 27.2 Å². The minimum absolute atomic E-state index is 0.0508. The Morgan fingerprint density at radius 3 is 2.81 bits per heavy atom. The maximum Gasteiger partial charge on any atom is 0.311 e. The first-order valence-corrected chi connectivity index (χ1v) is 7.49. The van der Waals surface area contributed by atoms with Crippen LogP contribution in [0.25, 0.3) is 11.0 Å². The van der Waals surface area contributed by atoms with Crippen molar-refractivity contribution in [2.45, 2.75) is 46.1 Å². The normalized spacial score (nSPS) is 11.0. The molecule has 0 amide bonds. The predicted octanol–water partition coefficient (Wildman–Crippen LogP) is 3.25. The summed E-state index contributed by atoms with van der Waals surface area (Å²) in [7, 11) is 0. The van der Waals surface area contributed by atoms with Crippen molar-refractivity contribution in [3.05, 3.63) is 24.0 Å². The summed E-state index contributed by atoms with van der Waals surface area (Å²) in [5, 5.41) is 9.05. The summed E-state index contributed by atoms with van der Waals surface area (Å²) in [5.74, 6) is 0.527. The van der Waals surface area contributed by atoms with Gasteiger partial charge in [-0.05, 0) is 25.5 Å². The number of fused-ring (bicyclic) bond motifs is 1. The molecule has 0 aliphatic heterocycles. The number of aliphatic carboxylic acids is 1. The highest BCUT2D eigenvalue weighted by Crippen LogP contribution is 2.23. The minimum Gasteiger partial charge on any atom is -0.494 e. The van der Waals surface area contributed by atoms with Gasteiger partial charge in [0.25, 0.3) is 0 Å². The molecule has 0 saturated carbocycles. The van der Waals surface area contributed by atoms with Crippen molar-refractivity contribution >= 4 is 17.0 Å². The van der Waals surface area contributed by atoms with E-state index in [0.717, 1.165) is 42.6 Å². The van der Waals surface area contributed by atoms with Gasteiger partial charge in [-0.25, -0.2) is 4.98 Å². The van der Waals surface area contributed by atoms with E-state index in [0.29, 0.717) is 12.4 Å². The van der Waals surface area contributed by atoms with Crippen molar-refractivity contribution in [2.24, 2.45) is 0 Å². The molecule has 0 atom stereocenters. The standard InChI is InChI=1S/C16H22N2O3/c1-3-5-6-9-18-14-8-7-12(21-4-2)10-13(14)17-15(18)11-16(19)20/h7-8,10H,3-6,9,11H2,1-2H3,(H,19,20). The van der Waals surface area contributed by atoms with Gasteiger partial charge in [-0.3, -0.25) is 4.79 Å². The SMILES string of the molecule is CCCCCn1c(CC(=O)O)nc2cc(OCC)ccc21. The number of carboxylic acids is 1. The highest BCUT2D eigenvalue weighted by atomic mass is 16.5. The van der Waals surface area contributed by atoms with Gasteiger partial charge in [0.2, 0.25) is 0 Å². The first-order chi connectivity index (χ1) is 10.2. The van der Waals surface area contributed by atoms with E-state index in [1.807, 2.05) is 29.7 Å². The average Bonchev–Trinajstić information content (AvgIpc) is 2.76. The highest BCUT2D eigenvalue weighted by molar-refractivity contribution is 5.79. The summed E-state index contributed by atoms with van der Waals surface area (Å²) in [6.07, 6.45) is 3.24. The number of aromatic nitrogens is 2. The Morgan fingerprint density at radius 2 is 2.14 bits per heavy atom. The summed E-state index contributed by atoms with van der Waals surface area (Å²) in [6, 6.07) is 5.75. The molecule has 114 valence electrons. The number of carboxylic acid groups (broad SMARTS) is 1. The molecule has 1 N–H and O–H groups in total. The maximum atomic E-state index is 11.0. The molecule has 0 aliphatic rings. The van der Waals surface area contributed by atoms with Crippen LogP contribution in [0.2, 0.25) is 0 Å². The first kappa shape index (κ1) is 15.4. The third-order valence-electron chi connectivity index (χ3n) is 3.40. The molecular weight excluding hydrogens is 268 g/mol. The van der Waals surface area contributed by atoms with Crippen LogP contribution in [0.15, 0.2) is 18.2 Å². The van der Waals surface area contributed by atoms with Gasteiger partial charge in [-0.2, -0.15) is 0 Å². The molecule has 1 aromatic heterocycles. The zero-order valence-corrected chi connectivity index (χ0v) is 12.6. The molecule has 0 bridgehead atoms. The Hall–Kier alpha value is -2.04. The van der Waals surface area contributed by atoms with Gasteiger partial charge in [0, 0.05) is 12.6 Å². The first-order valence-electron chi connectivity index (χ1n) is 7.49. The Balaban J connectivity index is 2.37. The van der Waals surface area contributed by atoms with Crippen molar-refractivity contribution in [3.63, 3.8) is 0 Å². The number of hydrogen-bond donors (Lipinski definition) is 1. The van der Waals surface area contributed by atoms with E-state index < -0.39 is 5.97 Å². The molecule has 1 aromatic carbocycles. The Bertz CT molecular complexity index is 619. The maximum absolute atomic E-state index is 11.0. The Kier molecular flexibility index (Phi) is 5.20. The minimum atomic E-state index is -0.855. The summed E-state index contributed by atoms with van der Waals surface area (Å²) in [6.45, 7) is 5.49. The van der Waals surface area contributed by atoms with Crippen LogP contribution in [0.1, 0.15) is 38.9 Å². The number of unbranched alkanes of at least 4 members (excludes halogenated alkanes) is 2. The van der Waals surface area contributed by atoms with Gasteiger partial charge < -0.3 is 14.4 Å². The van der Waals surface area contributed by atoms with Crippen LogP contribution in [0.3, 0.4) is 0 Å². The molecule has 0 spiro atoms. The fourth-order valence-electron chi connectivity index (χ4n) is 2.46. The van der Waals surface area contributed by atoms with Crippen LogP contribution in [0.5, 0.6) is 5.75 Å². The number of ether oxygens (including phenoxy) is 1. The summed E-state index contributed by atoms with van der Waals surface area (Å²) >= 11 is 0. The zero-order valence-electron chi connectivity index (χ0n) is 12.6. The molecule has 0 fully saturated rings. The molecular formula is C16H22N2O3. The Morgan fingerprint density at radius 1 is 1.33 bits per heavy atom. The molecule has 1 heterocycles. The fraction of sp³-hybridized carbons (Fsp3) is 0.500. The number of nitrogens with zero attached hydrogens (tertiary/aromatic N) is 2. The number of aryl methyl sites for hydroxylation is 1. The van der Waals surface area contributed by atoms with E-state index in [2.05, 4.69) is 11.9 Å². The summed E-state index contributed by atoms with van der Waals surface area (Å²) in [5.41, 5.74) is 1.78. The third kappa shape index (κ3) is 3.74. The van der Waals surface area contributed by atoms with Gasteiger partial charge in [-0.15, -0.1) is 0 Å². The third-order valence-corrected chi connectivity index (χ3v) is 3.40. The zero-order chi connectivity index (χ0) is 15.2. The van der Waals surface area contributed by atoms with Crippen molar-refractivity contribution in [2.75, 3.05) is 6.61 Å². The molecule has 0 radical (unpaired) electrons. The average molecular weight is 290 g/mol. The largest absolute Gasteiger partial charge is 0.494 e. The van der Waals surface area contributed by atoms with E-state index in [-0.39, 0.29) is 6.42 Å². The lowest BCUT2D eigenvalue weighted by atomic mass is 10.2. The van der Waals surface area contributed by atoms with Crippen LogP contribution in [-0.2, 0) is 17.8 Å². The van der Waals surface area contributed by atoms with Gasteiger partial charge in [0.15, 0.2) is 0 Å². The smallest absolute Gasteiger partial charge is 0.311 e. The quantitative estimate of drug-likeness (QED) is 0.758. The van der Waals surface area contributed by atoms with E-state index in [9.17, 15) is 4.79 Å².